The van der Waals surface area contributed by atoms with Gasteiger partial charge in [0.05, 0.1) is 27.8 Å². The van der Waals surface area contributed by atoms with Crippen LogP contribution in [0.25, 0.3) is 87.7 Å². The van der Waals surface area contributed by atoms with Gasteiger partial charge in [-0.3, -0.25) is 0 Å². The Balaban J connectivity index is 1.000. The van der Waals surface area contributed by atoms with Crippen LogP contribution in [-0.2, 0) is 0 Å². The highest BCUT2D eigenvalue weighted by atomic mass is 16.3. The van der Waals surface area contributed by atoms with E-state index in [0.29, 0.717) is 0 Å². The van der Waals surface area contributed by atoms with Crippen LogP contribution >= 0.6 is 0 Å². The highest BCUT2D eigenvalue weighted by Gasteiger charge is 2.25. The van der Waals surface area contributed by atoms with E-state index < -0.39 is 0 Å². The predicted molar refractivity (Wildman–Crippen MR) is 289 cm³/mol. The minimum Gasteiger partial charge on any atom is -0.454 e. The molecule has 0 fully saturated rings. The molecule has 5 nitrogen and oxygen atoms in total. The molecule has 5 heteroatoms. The maximum Gasteiger partial charge on any atom is 0.160 e. The summed E-state index contributed by atoms with van der Waals surface area (Å²) in [6, 6.07) is 91.6. The molecular weight excluding hydrogens is 841 g/mol. The normalized spacial score (nSPS) is 11.8. The van der Waals surface area contributed by atoms with Crippen LogP contribution in [0.4, 0.5) is 34.1 Å². The van der Waals surface area contributed by atoms with E-state index in [1.807, 2.05) is 0 Å². The molecule has 0 aliphatic carbocycles. The summed E-state index contributed by atoms with van der Waals surface area (Å²) in [5.41, 5.74) is 14.8. The number of rotatable bonds is 8. The quantitative estimate of drug-likeness (QED) is 0.152. The van der Waals surface area contributed by atoms with Crippen LogP contribution in [0, 0.1) is 0 Å². The molecular formula is C64H42N4O. The molecule has 0 N–H and O–H groups in total. The first kappa shape index (κ1) is 38.9. The Hall–Kier alpha value is -9.32. The zero-order valence-corrected chi connectivity index (χ0v) is 37.4. The van der Waals surface area contributed by atoms with Gasteiger partial charge in [-0.1, -0.05) is 146 Å². The van der Waals surface area contributed by atoms with Crippen LogP contribution in [0.3, 0.4) is 0 Å². The molecule has 0 unspecified atom stereocenters. The Morgan fingerprint density at radius 2 is 0.696 bits per heavy atom. The fraction of sp³-hybridized carbons (Fsp3) is 0. The Kier molecular flexibility index (Phi) is 8.83. The number of hydrogen-bond donors (Lipinski definition) is 0. The molecule has 3 heterocycles. The smallest absolute Gasteiger partial charge is 0.160 e. The van der Waals surface area contributed by atoms with Gasteiger partial charge in [-0.15, -0.1) is 0 Å². The summed E-state index contributed by atoms with van der Waals surface area (Å²) in [6.45, 7) is 0. The van der Waals surface area contributed by atoms with Crippen molar-refractivity contribution in [3.63, 3.8) is 0 Å². The van der Waals surface area contributed by atoms with Gasteiger partial charge in [0.25, 0.3) is 0 Å². The van der Waals surface area contributed by atoms with Crippen molar-refractivity contribution in [3.05, 3.63) is 255 Å². The summed E-state index contributed by atoms with van der Waals surface area (Å²) in [5.74, 6) is 0. The Morgan fingerprint density at radius 1 is 0.275 bits per heavy atom. The number of para-hydroxylation sites is 6. The Bertz CT molecular complexity index is 4250. The maximum absolute atomic E-state index is 6.96. The fourth-order valence-electron chi connectivity index (χ4n) is 10.8. The van der Waals surface area contributed by atoms with Gasteiger partial charge in [-0.2, -0.15) is 0 Å². The van der Waals surface area contributed by atoms with Crippen LogP contribution in [0.1, 0.15) is 0 Å². The molecule has 0 spiro atoms. The summed E-state index contributed by atoms with van der Waals surface area (Å²) in [4.78, 5) is 4.76. The second-order valence-corrected chi connectivity index (χ2v) is 17.7. The molecule has 0 saturated carbocycles. The van der Waals surface area contributed by atoms with Crippen LogP contribution in [0.2, 0.25) is 0 Å². The lowest BCUT2D eigenvalue weighted by Crippen LogP contribution is -2.13. The van der Waals surface area contributed by atoms with Crippen molar-refractivity contribution in [1.82, 2.24) is 9.13 Å². The van der Waals surface area contributed by atoms with Crippen LogP contribution < -0.4 is 9.80 Å². The molecule has 0 saturated heterocycles. The number of furan rings is 1. The SMILES string of the molecule is c1ccc(N(c2ccc(N(c3ccc4c5ccccc5n(-c5ccccc5)c4c3)c3c4ccccc4cc4c3oc3ccccc34)cc2)c2ccc3c4ccccc4n(-c4ccccc4)c3c2)cc1. The van der Waals surface area contributed by atoms with Crippen LogP contribution in [-0.4, -0.2) is 9.13 Å². The maximum atomic E-state index is 6.96. The lowest BCUT2D eigenvalue weighted by molar-refractivity contribution is 0.669. The first-order chi connectivity index (χ1) is 34.2. The standard InChI is InChI=1S/C64H42N4O/c1-4-19-44(20-5-1)65(49-36-38-54-52-26-12-15-29-58(52)67(60(54)41-49)45-21-6-2-7-22-45)47-32-34-48(35-33-47)66(63-51-25-11-10-18-43(51)40-57-56-28-14-17-31-62(56)69-64(57)63)50-37-39-55-53-27-13-16-30-59(53)68(61(55)42-50)46-23-8-3-9-24-46/h1-42H. The van der Waals surface area contributed by atoms with Gasteiger partial charge in [-0.25, -0.2) is 0 Å². The van der Waals surface area contributed by atoms with E-state index in [2.05, 4.69) is 274 Å². The number of benzene rings is 11. The molecule has 14 rings (SSSR count). The molecule has 14 aromatic rings. The van der Waals surface area contributed by atoms with E-state index in [9.17, 15) is 0 Å². The molecule has 0 bridgehead atoms. The summed E-state index contributed by atoms with van der Waals surface area (Å²) in [5, 5.41) is 9.28. The number of fused-ring (bicyclic) bond motifs is 10. The molecule has 0 aliphatic rings. The van der Waals surface area contributed by atoms with Gasteiger partial charge < -0.3 is 23.4 Å². The number of anilines is 6. The molecule has 3 aromatic heterocycles. The van der Waals surface area contributed by atoms with Gasteiger partial charge in [-0.05, 0) is 115 Å². The molecule has 0 aliphatic heterocycles. The third-order valence-corrected chi connectivity index (χ3v) is 13.8. The van der Waals surface area contributed by atoms with E-state index in [-0.39, 0.29) is 0 Å². The lowest BCUT2D eigenvalue weighted by atomic mass is 10.0. The largest absolute Gasteiger partial charge is 0.454 e. The summed E-state index contributed by atoms with van der Waals surface area (Å²) < 4.78 is 11.7. The van der Waals surface area contributed by atoms with Gasteiger partial charge >= 0.3 is 0 Å². The van der Waals surface area contributed by atoms with E-state index >= 15 is 0 Å². The number of aromatic nitrogens is 2. The lowest BCUT2D eigenvalue weighted by Gasteiger charge is -2.29. The van der Waals surface area contributed by atoms with E-state index in [4.69, 9.17) is 4.42 Å². The molecule has 0 atom stereocenters. The molecule has 324 valence electrons. The van der Waals surface area contributed by atoms with Crippen LogP contribution in [0.5, 0.6) is 0 Å². The third-order valence-electron chi connectivity index (χ3n) is 13.8. The Morgan fingerprint density at radius 3 is 1.29 bits per heavy atom. The summed E-state index contributed by atoms with van der Waals surface area (Å²) >= 11 is 0. The number of hydrogen-bond acceptors (Lipinski definition) is 3. The van der Waals surface area contributed by atoms with Crippen molar-refractivity contribution in [2.75, 3.05) is 9.80 Å². The third kappa shape index (κ3) is 6.18. The van der Waals surface area contributed by atoms with Gasteiger partial charge in [0.2, 0.25) is 0 Å². The summed E-state index contributed by atoms with van der Waals surface area (Å²) in [6.07, 6.45) is 0. The average Bonchev–Trinajstić information content (AvgIpc) is 4.07. The fourth-order valence-corrected chi connectivity index (χ4v) is 10.8. The molecule has 69 heavy (non-hydrogen) atoms. The van der Waals surface area contributed by atoms with Crippen molar-refractivity contribution in [2.24, 2.45) is 0 Å². The molecule has 11 aromatic carbocycles. The van der Waals surface area contributed by atoms with E-state index in [1.54, 1.807) is 0 Å². The second kappa shape index (κ2) is 15.7. The second-order valence-electron chi connectivity index (χ2n) is 17.7. The molecule has 0 radical (unpaired) electrons. The van der Waals surface area contributed by atoms with Crippen molar-refractivity contribution < 1.29 is 4.42 Å². The predicted octanol–water partition coefficient (Wildman–Crippen LogP) is 17.9. The first-order valence-electron chi connectivity index (χ1n) is 23.5. The van der Waals surface area contributed by atoms with Crippen molar-refractivity contribution in [1.29, 1.82) is 0 Å². The highest BCUT2D eigenvalue weighted by Crippen LogP contribution is 2.49. The van der Waals surface area contributed by atoms with Crippen molar-refractivity contribution in [2.45, 2.75) is 0 Å². The van der Waals surface area contributed by atoms with Crippen molar-refractivity contribution in [3.8, 4) is 11.4 Å². The monoisotopic (exact) mass is 882 g/mol. The van der Waals surface area contributed by atoms with Crippen LogP contribution in [0.15, 0.2) is 259 Å². The van der Waals surface area contributed by atoms with Crippen molar-refractivity contribution >= 4 is 110 Å². The average molecular weight is 883 g/mol. The van der Waals surface area contributed by atoms with Gasteiger partial charge in [0.15, 0.2) is 5.58 Å². The van der Waals surface area contributed by atoms with E-state index in [0.717, 1.165) is 89.2 Å². The van der Waals surface area contributed by atoms with Gasteiger partial charge in [0.1, 0.15) is 5.58 Å². The highest BCUT2D eigenvalue weighted by molar-refractivity contribution is 6.20. The number of nitrogens with zero attached hydrogens (tertiary/aromatic N) is 4. The van der Waals surface area contributed by atoms with E-state index in [1.165, 1.54) is 32.6 Å². The Labute approximate surface area is 398 Å². The van der Waals surface area contributed by atoms with Gasteiger partial charge in [0, 0.05) is 77.5 Å². The zero-order chi connectivity index (χ0) is 45.4. The topological polar surface area (TPSA) is 29.5 Å². The zero-order valence-electron chi connectivity index (χ0n) is 37.4. The first-order valence-corrected chi connectivity index (χ1v) is 23.5. The minimum absolute atomic E-state index is 0.843. The molecule has 0 amide bonds. The minimum atomic E-state index is 0.843. The summed E-state index contributed by atoms with van der Waals surface area (Å²) in [7, 11) is 0.